The van der Waals surface area contributed by atoms with E-state index in [1.807, 2.05) is 17.0 Å². The fraction of sp³-hybridized carbons (Fsp3) is 0.357. The maximum absolute atomic E-state index is 11.1. The van der Waals surface area contributed by atoms with Crippen molar-refractivity contribution in [2.45, 2.75) is 25.4 Å². The molecule has 1 aliphatic heterocycles. The molecule has 110 valence electrons. The summed E-state index contributed by atoms with van der Waals surface area (Å²) < 4.78 is 5.21. The number of aliphatic carboxylic acids is 1. The van der Waals surface area contributed by atoms with Crippen molar-refractivity contribution in [3.63, 3.8) is 0 Å². The summed E-state index contributed by atoms with van der Waals surface area (Å²) in [7, 11) is 0. The first-order chi connectivity index (χ1) is 10.1. The van der Waals surface area contributed by atoms with Crippen molar-refractivity contribution in [3.05, 3.63) is 35.2 Å². The lowest BCUT2D eigenvalue weighted by Gasteiger charge is -2.18. The lowest BCUT2D eigenvalue weighted by Crippen LogP contribution is -2.35. The number of carboxylic acid groups (broad SMARTS) is 1. The molecule has 3 rings (SSSR count). The van der Waals surface area contributed by atoms with Crippen LogP contribution in [0.4, 0.5) is 0 Å². The third-order valence-electron chi connectivity index (χ3n) is 3.54. The van der Waals surface area contributed by atoms with Crippen molar-refractivity contribution in [1.82, 2.24) is 15.0 Å². The number of hydrogen-bond acceptors (Lipinski definition) is 5. The van der Waals surface area contributed by atoms with Gasteiger partial charge in [-0.2, -0.15) is 4.98 Å². The maximum Gasteiger partial charge on any atom is 0.320 e. The Labute approximate surface area is 126 Å². The van der Waals surface area contributed by atoms with Gasteiger partial charge in [0.25, 0.3) is 0 Å². The van der Waals surface area contributed by atoms with Gasteiger partial charge >= 0.3 is 5.97 Å². The largest absolute Gasteiger partial charge is 0.480 e. The molecule has 0 saturated carbocycles. The monoisotopic (exact) mass is 307 g/mol. The van der Waals surface area contributed by atoms with Crippen LogP contribution < -0.4 is 0 Å². The molecule has 1 N–H and O–H groups in total. The van der Waals surface area contributed by atoms with Crippen LogP contribution in [0.5, 0.6) is 0 Å². The van der Waals surface area contributed by atoms with Gasteiger partial charge in [0.15, 0.2) is 0 Å². The number of nitrogens with zero attached hydrogens (tertiary/aromatic N) is 3. The van der Waals surface area contributed by atoms with Gasteiger partial charge in [0.05, 0.1) is 6.54 Å². The molecule has 7 heteroatoms. The van der Waals surface area contributed by atoms with Gasteiger partial charge < -0.3 is 9.63 Å². The Kier molecular flexibility index (Phi) is 3.90. The molecule has 0 spiro atoms. The standard InChI is InChI=1S/C14H14ClN3O3/c15-10-4-1-3-9(7-10)13-16-12(21-17-13)8-18-6-2-5-11(18)14(19)20/h1,3-4,7,11H,2,5-6,8H2,(H,19,20)/t11-/m1/s1. The first-order valence-electron chi connectivity index (χ1n) is 6.69. The number of carbonyl (C=O) groups is 1. The molecule has 1 atom stereocenters. The van der Waals surface area contributed by atoms with E-state index >= 15 is 0 Å². The smallest absolute Gasteiger partial charge is 0.320 e. The van der Waals surface area contributed by atoms with Crippen LogP contribution in [0, 0.1) is 0 Å². The molecule has 2 heterocycles. The molecule has 21 heavy (non-hydrogen) atoms. The van der Waals surface area contributed by atoms with Crippen LogP contribution >= 0.6 is 11.6 Å². The highest BCUT2D eigenvalue weighted by Crippen LogP contribution is 2.22. The Morgan fingerprint density at radius 1 is 1.52 bits per heavy atom. The molecule has 1 aromatic carbocycles. The fourth-order valence-corrected chi connectivity index (χ4v) is 2.72. The van der Waals surface area contributed by atoms with Crippen LogP contribution in [-0.4, -0.2) is 38.7 Å². The molecule has 0 bridgehead atoms. The molecule has 1 aromatic heterocycles. The number of likely N-dealkylation sites (tertiary alicyclic amines) is 1. The van der Waals surface area contributed by atoms with Crippen LogP contribution in [0.2, 0.25) is 5.02 Å². The van der Waals surface area contributed by atoms with Gasteiger partial charge in [-0.25, -0.2) is 0 Å². The van der Waals surface area contributed by atoms with Crippen LogP contribution in [0.15, 0.2) is 28.8 Å². The van der Waals surface area contributed by atoms with E-state index in [4.69, 9.17) is 21.2 Å². The molecular weight excluding hydrogens is 294 g/mol. The van der Waals surface area contributed by atoms with Crippen molar-refractivity contribution in [3.8, 4) is 11.4 Å². The SMILES string of the molecule is O=C(O)[C@H]1CCCN1Cc1nc(-c2cccc(Cl)c2)no1. The predicted octanol–water partition coefficient (Wildman–Crippen LogP) is 2.44. The zero-order valence-electron chi connectivity index (χ0n) is 11.2. The van der Waals surface area contributed by atoms with Crippen molar-refractivity contribution in [2.24, 2.45) is 0 Å². The Morgan fingerprint density at radius 2 is 2.38 bits per heavy atom. The number of carboxylic acids is 1. The number of hydrogen-bond donors (Lipinski definition) is 1. The Balaban J connectivity index is 1.75. The lowest BCUT2D eigenvalue weighted by molar-refractivity contribution is -0.142. The Morgan fingerprint density at radius 3 is 3.14 bits per heavy atom. The predicted molar refractivity (Wildman–Crippen MR) is 75.8 cm³/mol. The van der Waals surface area contributed by atoms with Gasteiger partial charge in [0.2, 0.25) is 11.7 Å². The van der Waals surface area contributed by atoms with Crippen molar-refractivity contribution < 1.29 is 14.4 Å². The first kappa shape index (κ1) is 14.0. The second-order valence-electron chi connectivity index (χ2n) is 4.99. The number of rotatable bonds is 4. The van der Waals surface area contributed by atoms with Crippen molar-refractivity contribution in [2.75, 3.05) is 6.54 Å². The summed E-state index contributed by atoms with van der Waals surface area (Å²) in [5, 5.41) is 13.7. The van der Waals surface area contributed by atoms with E-state index in [0.717, 1.165) is 18.5 Å². The van der Waals surface area contributed by atoms with Crippen LogP contribution in [0.25, 0.3) is 11.4 Å². The minimum Gasteiger partial charge on any atom is -0.480 e. The highest BCUT2D eigenvalue weighted by atomic mass is 35.5. The van der Waals surface area contributed by atoms with E-state index in [1.54, 1.807) is 12.1 Å². The third kappa shape index (κ3) is 3.06. The second-order valence-corrected chi connectivity index (χ2v) is 5.43. The molecule has 0 aliphatic carbocycles. The molecule has 1 fully saturated rings. The molecular formula is C14H14ClN3O3. The lowest BCUT2D eigenvalue weighted by atomic mass is 10.2. The zero-order valence-corrected chi connectivity index (χ0v) is 12.0. The molecule has 0 unspecified atom stereocenters. The van der Waals surface area contributed by atoms with Crippen LogP contribution in [-0.2, 0) is 11.3 Å². The minimum absolute atomic E-state index is 0.352. The molecule has 6 nitrogen and oxygen atoms in total. The minimum atomic E-state index is -0.804. The molecule has 0 radical (unpaired) electrons. The molecule has 1 aliphatic rings. The van der Waals surface area contributed by atoms with E-state index in [0.29, 0.717) is 29.7 Å². The summed E-state index contributed by atoms with van der Waals surface area (Å²) in [6, 6.07) is 6.72. The summed E-state index contributed by atoms with van der Waals surface area (Å²) in [4.78, 5) is 17.3. The fourth-order valence-electron chi connectivity index (χ4n) is 2.53. The third-order valence-corrected chi connectivity index (χ3v) is 3.77. The average molecular weight is 308 g/mol. The summed E-state index contributed by atoms with van der Waals surface area (Å²) >= 11 is 5.93. The topological polar surface area (TPSA) is 79.5 Å². The summed E-state index contributed by atoms with van der Waals surface area (Å²) in [6.07, 6.45) is 1.52. The normalized spacial score (nSPS) is 19.0. The molecule has 0 amide bonds. The molecule has 2 aromatic rings. The average Bonchev–Trinajstić information content (AvgIpc) is 3.08. The van der Waals surface area contributed by atoms with Crippen LogP contribution in [0.3, 0.4) is 0 Å². The van der Waals surface area contributed by atoms with Gasteiger partial charge in [-0.1, -0.05) is 28.9 Å². The van der Waals surface area contributed by atoms with Crippen LogP contribution in [0.1, 0.15) is 18.7 Å². The van der Waals surface area contributed by atoms with Gasteiger partial charge in [0.1, 0.15) is 6.04 Å². The first-order valence-corrected chi connectivity index (χ1v) is 7.06. The summed E-state index contributed by atoms with van der Waals surface area (Å²) in [5.74, 6) is 0.0683. The van der Waals surface area contributed by atoms with E-state index in [1.165, 1.54) is 0 Å². The van der Waals surface area contributed by atoms with E-state index in [9.17, 15) is 4.79 Å². The second kappa shape index (κ2) is 5.83. The van der Waals surface area contributed by atoms with E-state index in [-0.39, 0.29) is 0 Å². The van der Waals surface area contributed by atoms with Gasteiger partial charge in [-0.05, 0) is 31.5 Å². The zero-order chi connectivity index (χ0) is 14.8. The van der Waals surface area contributed by atoms with E-state index < -0.39 is 12.0 Å². The number of aromatic nitrogens is 2. The Bertz CT molecular complexity index is 658. The molecule has 1 saturated heterocycles. The summed E-state index contributed by atoms with van der Waals surface area (Å²) in [6.45, 7) is 1.08. The number of benzene rings is 1. The maximum atomic E-state index is 11.1. The number of halogens is 1. The van der Waals surface area contributed by atoms with Gasteiger partial charge in [-0.3, -0.25) is 9.69 Å². The Hall–Kier alpha value is -1.92. The quantitative estimate of drug-likeness (QED) is 0.934. The summed E-state index contributed by atoms with van der Waals surface area (Å²) in [5.41, 5.74) is 0.772. The van der Waals surface area contributed by atoms with Gasteiger partial charge in [-0.15, -0.1) is 0 Å². The van der Waals surface area contributed by atoms with E-state index in [2.05, 4.69) is 10.1 Å². The van der Waals surface area contributed by atoms with Gasteiger partial charge in [0, 0.05) is 10.6 Å². The van der Waals surface area contributed by atoms with Crippen molar-refractivity contribution >= 4 is 17.6 Å². The highest BCUT2D eigenvalue weighted by Gasteiger charge is 2.31. The van der Waals surface area contributed by atoms with Crippen molar-refractivity contribution in [1.29, 1.82) is 0 Å². The highest BCUT2D eigenvalue weighted by molar-refractivity contribution is 6.30.